The Hall–Kier alpha value is -0.120. The zero-order chi connectivity index (χ0) is 9.35. The second-order valence-electron chi connectivity index (χ2n) is 1.97. The average Bonchev–Trinajstić information content (AvgIpc) is 1.92. The Morgan fingerprint density at radius 2 is 1.83 bits per heavy atom. The molecule has 0 amide bonds. The molecule has 0 aliphatic carbocycles. The van der Waals surface area contributed by atoms with E-state index in [0.29, 0.717) is 0 Å². The fourth-order valence-corrected chi connectivity index (χ4v) is 0.940. The van der Waals surface area contributed by atoms with Crippen LogP contribution in [-0.4, -0.2) is 4.98 Å². The van der Waals surface area contributed by atoms with Gasteiger partial charge in [-0.15, -0.1) is 0 Å². The van der Waals surface area contributed by atoms with Gasteiger partial charge in [0.15, 0.2) is 0 Å². The first-order valence-electron chi connectivity index (χ1n) is 2.80. The van der Waals surface area contributed by atoms with E-state index in [2.05, 4.69) is 16.6 Å². The van der Waals surface area contributed by atoms with Crippen molar-refractivity contribution in [2.45, 2.75) is 5.38 Å². The van der Waals surface area contributed by atoms with E-state index in [4.69, 9.17) is 23.2 Å². The SMILES string of the molecule is FC(F)(Cl)c1ccc(Cl)c(Cl)n1. The maximum absolute atomic E-state index is 12.4. The molecule has 1 nitrogen and oxygen atoms in total. The number of hydrogen-bond acceptors (Lipinski definition) is 1. The molecule has 0 fully saturated rings. The van der Waals surface area contributed by atoms with Crippen LogP contribution in [0.15, 0.2) is 12.1 Å². The van der Waals surface area contributed by atoms with Crippen LogP contribution in [0, 0.1) is 0 Å². The van der Waals surface area contributed by atoms with Gasteiger partial charge < -0.3 is 0 Å². The number of nitrogens with zero attached hydrogens (tertiary/aromatic N) is 1. The summed E-state index contributed by atoms with van der Waals surface area (Å²) < 4.78 is 24.7. The van der Waals surface area contributed by atoms with E-state index < -0.39 is 11.1 Å². The molecule has 0 bridgehead atoms. The normalized spacial score (nSPS) is 11.8. The van der Waals surface area contributed by atoms with Gasteiger partial charge in [-0.1, -0.05) is 23.2 Å². The molecule has 12 heavy (non-hydrogen) atoms. The fourth-order valence-electron chi connectivity index (χ4n) is 0.575. The molecule has 0 unspecified atom stereocenters. The van der Waals surface area contributed by atoms with Gasteiger partial charge in [-0.25, -0.2) is 4.98 Å². The quantitative estimate of drug-likeness (QED) is 0.532. The average molecular weight is 232 g/mol. The molecule has 66 valence electrons. The van der Waals surface area contributed by atoms with Crippen LogP contribution >= 0.6 is 34.8 Å². The molecule has 0 atom stereocenters. The molecule has 1 heterocycles. The Bertz CT molecular complexity index is 297. The van der Waals surface area contributed by atoms with E-state index in [1.165, 1.54) is 6.07 Å². The van der Waals surface area contributed by atoms with Crippen LogP contribution in [0.25, 0.3) is 0 Å². The van der Waals surface area contributed by atoms with Gasteiger partial charge in [0.05, 0.1) is 5.02 Å². The zero-order valence-electron chi connectivity index (χ0n) is 5.49. The Kier molecular flexibility index (Phi) is 2.76. The Balaban J connectivity index is 3.14. The molecule has 0 N–H and O–H groups in total. The number of aromatic nitrogens is 1. The molecule has 0 radical (unpaired) electrons. The van der Waals surface area contributed by atoms with Gasteiger partial charge in [0.25, 0.3) is 0 Å². The highest BCUT2D eigenvalue weighted by atomic mass is 35.5. The number of hydrogen-bond donors (Lipinski definition) is 0. The van der Waals surface area contributed by atoms with Crippen molar-refractivity contribution in [2.24, 2.45) is 0 Å². The zero-order valence-corrected chi connectivity index (χ0v) is 7.76. The van der Waals surface area contributed by atoms with Gasteiger partial charge in [0.1, 0.15) is 10.8 Å². The van der Waals surface area contributed by atoms with Crippen molar-refractivity contribution in [3.63, 3.8) is 0 Å². The number of pyridine rings is 1. The van der Waals surface area contributed by atoms with E-state index >= 15 is 0 Å². The van der Waals surface area contributed by atoms with Crippen LogP contribution in [-0.2, 0) is 5.38 Å². The monoisotopic (exact) mass is 231 g/mol. The van der Waals surface area contributed by atoms with Crippen molar-refractivity contribution in [1.29, 1.82) is 0 Å². The van der Waals surface area contributed by atoms with Crippen LogP contribution in [0.3, 0.4) is 0 Å². The van der Waals surface area contributed by atoms with Crippen molar-refractivity contribution in [2.75, 3.05) is 0 Å². The van der Waals surface area contributed by atoms with Crippen LogP contribution in [0.5, 0.6) is 0 Å². The molecular weight excluding hydrogens is 230 g/mol. The standard InChI is InChI=1S/C6H2Cl3F2N/c7-3-1-2-4(6(9,10)11)12-5(3)8/h1-2H. The minimum atomic E-state index is -3.51. The van der Waals surface area contributed by atoms with Gasteiger partial charge in [-0.2, -0.15) is 8.78 Å². The molecule has 0 aromatic carbocycles. The summed E-state index contributed by atoms with van der Waals surface area (Å²) in [7, 11) is 0. The molecular formula is C6H2Cl3F2N. The summed E-state index contributed by atoms with van der Waals surface area (Å²) in [5.74, 6) is 0. The first kappa shape index (κ1) is 9.96. The minimum absolute atomic E-state index is 0.112. The lowest BCUT2D eigenvalue weighted by Gasteiger charge is -2.06. The van der Waals surface area contributed by atoms with Gasteiger partial charge in [0, 0.05) is 0 Å². The van der Waals surface area contributed by atoms with E-state index in [9.17, 15) is 8.78 Å². The molecule has 1 aromatic rings. The van der Waals surface area contributed by atoms with Crippen LogP contribution in [0.4, 0.5) is 8.78 Å². The first-order chi connectivity index (χ1) is 5.41. The lowest BCUT2D eigenvalue weighted by Crippen LogP contribution is -2.06. The van der Waals surface area contributed by atoms with Crippen molar-refractivity contribution in [3.05, 3.63) is 28.0 Å². The van der Waals surface area contributed by atoms with Gasteiger partial charge >= 0.3 is 5.38 Å². The van der Waals surface area contributed by atoms with Crippen LogP contribution in [0.2, 0.25) is 10.2 Å². The van der Waals surface area contributed by atoms with Crippen molar-refractivity contribution in [1.82, 2.24) is 4.98 Å². The summed E-state index contributed by atoms with van der Waals surface area (Å²) in [5, 5.41) is -3.58. The van der Waals surface area contributed by atoms with Crippen LogP contribution < -0.4 is 0 Å². The highest BCUT2D eigenvalue weighted by Gasteiger charge is 2.30. The summed E-state index contributed by atoms with van der Waals surface area (Å²) in [6.07, 6.45) is 0. The summed E-state index contributed by atoms with van der Waals surface area (Å²) in [5.41, 5.74) is -0.612. The van der Waals surface area contributed by atoms with E-state index in [1.807, 2.05) is 0 Å². The van der Waals surface area contributed by atoms with Gasteiger partial charge in [-0.05, 0) is 23.7 Å². The number of rotatable bonds is 1. The van der Waals surface area contributed by atoms with E-state index in [-0.39, 0.29) is 10.2 Å². The van der Waals surface area contributed by atoms with Gasteiger partial charge in [-0.3, -0.25) is 0 Å². The lowest BCUT2D eigenvalue weighted by molar-refractivity contribution is 0.0900. The maximum Gasteiger partial charge on any atom is 0.364 e. The van der Waals surface area contributed by atoms with Crippen molar-refractivity contribution >= 4 is 34.8 Å². The highest BCUT2D eigenvalue weighted by Crippen LogP contribution is 2.32. The van der Waals surface area contributed by atoms with Crippen LogP contribution in [0.1, 0.15) is 5.69 Å². The lowest BCUT2D eigenvalue weighted by atomic mass is 10.4. The van der Waals surface area contributed by atoms with Gasteiger partial charge in [0.2, 0.25) is 0 Å². The van der Waals surface area contributed by atoms with Crippen molar-refractivity contribution in [3.8, 4) is 0 Å². The first-order valence-corrected chi connectivity index (χ1v) is 3.94. The number of halogens is 5. The highest BCUT2D eigenvalue weighted by molar-refractivity contribution is 6.41. The second kappa shape index (κ2) is 3.32. The molecule has 0 aliphatic rings. The van der Waals surface area contributed by atoms with E-state index in [1.54, 1.807) is 0 Å². The molecule has 0 spiro atoms. The third kappa shape index (κ3) is 2.19. The summed E-state index contributed by atoms with van der Waals surface area (Å²) in [6.45, 7) is 0. The van der Waals surface area contributed by atoms with E-state index in [0.717, 1.165) is 6.07 Å². The summed E-state index contributed by atoms with van der Waals surface area (Å²) in [6, 6.07) is 2.23. The predicted octanol–water partition coefficient (Wildman–Crippen LogP) is 3.68. The molecule has 0 aliphatic heterocycles. The second-order valence-corrected chi connectivity index (χ2v) is 3.21. The number of alkyl halides is 3. The maximum atomic E-state index is 12.4. The van der Waals surface area contributed by atoms with Crippen molar-refractivity contribution < 1.29 is 8.78 Å². The largest absolute Gasteiger partial charge is 0.364 e. The minimum Gasteiger partial charge on any atom is -0.232 e. The fraction of sp³-hybridized carbons (Fsp3) is 0.167. The topological polar surface area (TPSA) is 12.9 Å². The third-order valence-electron chi connectivity index (χ3n) is 1.09. The Morgan fingerprint density at radius 3 is 2.25 bits per heavy atom. The molecule has 1 rings (SSSR count). The predicted molar refractivity (Wildman–Crippen MR) is 44.0 cm³/mol. The molecule has 0 saturated carbocycles. The summed E-state index contributed by atoms with van der Waals surface area (Å²) >= 11 is 15.5. The Morgan fingerprint density at radius 1 is 1.25 bits per heavy atom. The molecule has 1 aromatic heterocycles. The summed E-state index contributed by atoms with van der Waals surface area (Å²) in [4.78, 5) is 3.30. The smallest absolute Gasteiger partial charge is 0.232 e. The third-order valence-corrected chi connectivity index (χ3v) is 1.98. The Labute approximate surface area is 82.3 Å². The molecule has 6 heteroatoms. The molecule has 0 saturated heterocycles.